The number of likely N-dealkylation sites (tertiary alicyclic amines) is 2. The lowest BCUT2D eigenvalue weighted by atomic mass is 10.0. The van der Waals surface area contributed by atoms with Gasteiger partial charge in [0.1, 0.15) is 24.3 Å². The second-order valence-electron chi connectivity index (χ2n) is 6.69. The van der Waals surface area contributed by atoms with Crippen LogP contribution in [0.25, 0.3) is 0 Å². The minimum absolute atomic E-state index is 0.248. The molecular formula is C18H27FN2O2. The number of nitrogens with zero attached hydrogens (tertiary/aromatic N) is 2. The van der Waals surface area contributed by atoms with Gasteiger partial charge in [0.25, 0.3) is 0 Å². The number of aliphatic hydroxyl groups excluding tert-OH is 1. The van der Waals surface area contributed by atoms with Crippen molar-refractivity contribution in [3.8, 4) is 5.75 Å². The minimum Gasteiger partial charge on any atom is -0.491 e. The van der Waals surface area contributed by atoms with Crippen LogP contribution in [0.3, 0.4) is 0 Å². The van der Waals surface area contributed by atoms with Crippen LogP contribution in [0.2, 0.25) is 0 Å². The largest absolute Gasteiger partial charge is 0.491 e. The van der Waals surface area contributed by atoms with E-state index in [0.717, 1.165) is 19.1 Å². The molecule has 4 nitrogen and oxygen atoms in total. The molecule has 1 atom stereocenters. The average molecular weight is 322 g/mol. The summed E-state index contributed by atoms with van der Waals surface area (Å²) in [4.78, 5) is 4.96. The Morgan fingerprint density at radius 3 is 2.39 bits per heavy atom. The van der Waals surface area contributed by atoms with E-state index in [1.807, 2.05) is 0 Å². The summed E-state index contributed by atoms with van der Waals surface area (Å²) in [5, 5.41) is 10.1. The highest BCUT2D eigenvalue weighted by Gasteiger charge is 2.27. The van der Waals surface area contributed by atoms with Gasteiger partial charge in [0.2, 0.25) is 0 Å². The van der Waals surface area contributed by atoms with Gasteiger partial charge in [-0.3, -0.25) is 0 Å². The summed E-state index contributed by atoms with van der Waals surface area (Å²) >= 11 is 0. The van der Waals surface area contributed by atoms with Gasteiger partial charge in [0.05, 0.1) is 0 Å². The highest BCUT2D eigenvalue weighted by molar-refractivity contribution is 5.22. The molecule has 2 saturated heterocycles. The van der Waals surface area contributed by atoms with Gasteiger partial charge in [-0.25, -0.2) is 4.39 Å². The third-order valence-corrected chi connectivity index (χ3v) is 4.94. The van der Waals surface area contributed by atoms with E-state index in [9.17, 15) is 9.50 Å². The van der Waals surface area contributed by atoms with E-state index in [1.165, 1.54) is 50.9 Å². The molecule has 1 aromatic carbocycles. The fourth-order valence-electron chi connectivity index (χ4n) is 3.65. The summed E-state index contributed by atoms with van der Waals surface area (Å²) in [6.07, 6.45) is 4.58. The normalized spacial score (nSPS) is 22.3. The van der Waals surface area contributed by atoms with Crippen molar-refractivity contribution in [3.05, 3.63) is 30.1 Å². The summed E-state index contributed by atoms with van der Waals surface area (Å²) < 4.78 is 18.3. The SMILES string of the molecule is O[C@H](COc1ccc(F)cc1)CN1CCC(N2CCCC2)CC1. The van der Waals surface area contributed by atoms with Crippen molar-refractivity contribution < 1.29 is 14.2 Å². The van der Waals surface area contributed by atoms with E-state index < -0.39 is 6.10 Å². The Kier molecular flexibility index (Phi) is 5.86. The van der Waals surface area contributed by atoms with Crippen LogP contribution in [0.15, 0.2) is 24.3 Å². The molecule has 0 aliphatic carbocycles. The Bertz CT molecular complexity index is 468. The van der Waals surface area contributed by atoms with E-state index in [1.54, 1.807) is 12.1 Å². The zero-order valence-corrected chi connectivity index (χ0v) is 13.7. The second-order valence-corrected chi connectivity index (χ2v) is 6.69. The van der Waals surface area contributed by atoms with Crippen LogP contribution in [0.4, 0.5) is 4.39 Å². The fourth-order valence-corrected chi connectivity index (χ4v) is 3.65. The van der Waals surface area contributed by atoms with Gasteiger partial charge >= 0.3 is 0 Å². The highest BCUT2D eigenvalue weighted by atomic mass is 19.1. The number of ether oxygens (including phenoxy) is 1. The fraction of sp³-hybridized carbons (Fsp3) is 0.667. The average Bonchev–Trinajstić information content (AvgIpc) is 3.09. The molecule has 0 radical (unpaired) electrons. The number of piperidine rings is 1. The van der Waals surface area contributed by atoms with Crippen LogP contribution >= 0.6 is 0 Å². The number of hydrogen-bond acceptors (Lipinski definition) is 4. The summed E-state index contributed by atoms with van der Waals surface area (Å²) in [6.45, 7) is 5.52. The number of benzene rings is 1. The molecule has 2 aliphatic heterocycles. The van der Waals surface area contributed by atoms with Gasteiger partial charge < -0.3 is 19.6 Å². The Morgan fingerprint density at radius 1 is 1.09 bits per heavy atom. The van der Waals surface area contributed by atoms with Gasteiger partial charge in [-0.2, -0.15) is 0 Å². The molecule has 0 amide bonds. The molecule has 1 aromatic rings. The van der Waals surface area contributed by atoms with Crippen LogP contribution in [0.1, 0.15) is 25.7 Å². The number of rotatable bonds is 6. The first kappa shape index (κ1) is 16.7. The number of aliphatic hydroxyl groups is 1. The topological polar surface area (TPSA) is 35.9 Å². The molecule has 2 aliphatic rings. The maximum absolute atomic E-state index is 12.8. The molecule has 1 N–H and O–H groups in total. The Balaban J connectivity index is 1.35. The monoisotopic (exact) mass is 322 g/mol. The van der Waals surface area contributed by atoms with Crippen molar-refractivity contribution in [1.29, 1.82) is 0 Å². The molecule has 5 heteroatoms. The van der Waals surface area contributed by atoms with Crippen molar-refractivity contribution >= 4 is 0 Å². The summed E-state index contributed by atoms with van der Waals surface area (Å²) in [5.74, 6) is 0.317. The van der Waals surface area contributed by atoms with Crippen LogP contribution in [-0.4, -0.2) is 66.4 Å². The zero-order chi connectivity index (χ0) is 16.1. The standard InChI is InChI=1S/C18H27FN2O2/c19-15-3-5-18(6-4-15)23-14-17(22)13-20-11-7-16(8-12-20)21-9-1-2-10-21/h3-6,16-17,22H,1-2,7-14H2/t17-/m0/s1. The van der Waals surface area contributed by atoms with E-state index in [0.29, 0.717) is 12.3 Å². The van der Waals surface area contributed by atoms with E-state index in [2.05, 4.69) is 9.80 Å². The molecule has 0 spiro atoms. The van der Waals surface area contributed by atoms with E-state index >= 15 is 0 Å². The number of hydrogen-bond donors (Lipinski definition) is 1. The predicted molar refractivity (Wildman–Crippen MR) is 88.2 cm³/mol. The lowest BCUT2D eigenvalue weighted by Crippen LogP contribution is -2.46. The first-order valence-electron chi connectivity index (χ1n) is 8.73. The molecule has 23 heavy (non-hydrogen) atoms. The molecule has 128 valence electrons. The van der Waals surface area contributed by atoms with Gasteiger partial charge in [0.15, 0.2) is 0 Å². The van der Waals surface area contributed by atoms with E-state index in [-0.39, 0.29) is 12.4 Å². The summed E-state index contributed by atoms with van der Waals surface area (Å²) in [5.41, 5.74) is 0. The smallest absolute Gasteiger partial charge is 0.123 e. The van der Waals surface area contributed by atoms with Crippen LogP contribution in [-0.2, 0) is 0 Å². The number of β-amino-alcohol motifs (C(OH)–C–C–N with tert-alkyl or cyclic N) is 1. The predicted octanol–water partition coefficient (Wildman–Crippen LogP) is 2.13. The van der Waals surface area contributed by atoms with Gasteiger partial charge in [0, 0.05) is 12.6 Å². The first-order valence-corrected chi connectivity index (χ1v) is 8.73. The van der Waals surface area contributed by atoms with Crippen molar-refractivity contribution in [2.45, 2.75) is 37.8 Å². The Morgan fingerprint density at radius 2 is 1.74 bits per heavy atom. The maximum atomic E-state index is 12.8. The Labute approximate surface area is 137 Å². The van der Waals surface area contributed by atoms with E-state index in [4.69, 9.17) is 4.74 Å². The molecule has 2 heterocycles. The molecule has 3 rings (SSSR count). The minimum atomic E-state index is -0.511. The van der Waals surface area contributed by atoms with Gasteiger partial charge in [-0.1, -0.05) is 0 Å². The molecule has 0 saturated carbocycles. The van der Waals surface area contributed by atoms with Crippen molar-refractivity contribution in [2.24, 2.45) is 0 Å². The van der Waals surface area contributed by atoms with Crippen molar-refractivity contribution in [3.63, 3.8) is 0 Å². The van der Waals surface area contributed by atoms with Crippen LogP contribution in [0.5, 0.6) is 5.75 Å². The third-order valence-electron chi connectivity index (χ3n) is 4.94. The summed E-state index contributed by atoms with van der Waals surface area (Å²) in [6, 6.07) is 6.64. The molecule has 0 unspecified atom stereocenters. The Hall–Kier alpha value is -1.17. The lowest BCUT2D eigenvalue weighted by molar-refractivity contribution is 0.0476. The quantitative estimate of drug-likeness (QED) is 0.870. The molecular weight excluding hydrogens is 295 g/mol. The van der Waals surface area contributed by atoms with Gasteiger partial charge in [-0.15, -0.1) is 0 Å². The highest BCUT2D eigenvalue weighted by Crippen LogP contribution is 2.21. The second kappa shape index (κ2) is 8.08. The summed E-state index contributed by atoms with van der Waals surface area (Å²) in [7, 11) is 0. The van der Waals surface area contributed by atoms with Crippen molar-refractivity contribution in [2.75, 3.05) is 39.3 Å². The first-order chi connectivity index (χ1) is 11.2. The molecule has 0 aromatic heterocycles. The van der Waals surface area contributed by atoms with Crippen LogP contribution < -0.4 is 4.74 Å². The van der Waals surface area contributed by atoms with Crippen molar-refractivity contribution in [1.82, 2.24) is 9.80 Å². The molecule has 2 fully saturated rings. The lowest BCUT2D eigenvalue weighted by Gasteiger charge is -2.37. The molecule has 0 bridgehead atoms. The maximum Gasteiger partial charge on any atom is 0.123 e. The van der Waals surface area contributed by atoms with Crippen LogP contribution in [0, 0.1) is 5.82 Å². The van der Waals surface area contributed by atoms with Gasteiger partial charge in [-0.05, 0) is 76.1 Å². The zero-order valence-electron chi connectivity index (χ0n) is 13.7. The third kappa shape index (κ3) is 4.90. The number of halogens is 1.